The highest BCUT2D eigenvalue weighted by molar-refractivity contribution is 5.29. The van der Waals surface area contributed by atoms with Crippen molar-refractivity contribution in [3.05, 3.63) is 29.1 Å². The Morgan fingerprint density at radius 1 is 1.32 bits per heavy atom. The largest absolute Gasteiger partial charge is 0.389 e. The summed E-state index contributed by atoms with van der Waals surface area (Å²) in [6, 6.07) is 0. The number of aliphatic hydroxyl groups excluding tert-OH is 1. The Morgan fingerprint density at radius 3 is 2.53 bits per heavy atom. The van der Waals surface area contributed by atoms with Gasteiger partial charge in [-0.2, -0.15) is 10.2 Å². The summed E-state index contributed by atoms with van der Waals surface area (Å²) < 4.78 is 3.68. The number of hydrogen-bond donors (Lipinski definition) is 1. The third-order valence-corrected chi connectivity index (χ3v) is 3.36. The molecule has 1 N–H and O–H groups in total. The van der Waals surface area contributed by atoms with E-state index in [2.05, 4.69) is 29.0 Å². The Labute approximate surface area is 113 Å². The zero-order valence-corrected chi connectivity index (χ0v) is 12.0. The van der Waals surface area contributed by atoms with Crippen LogP contribution in [-0.4, -0.2) is 29.7 Å². The minimum atomic E-state index is -0.488. The van der Waals surface area contributed by atoms with Gasteiger partial charge in [0.25, 0.3) is 0 Å². The molecule has 0 aromatic carbocycles. The molecule has 104 valence electrons. The SMILES string of the molecule is CCc1nn(Cc2ncnn2C)c(CC)c1C(C)O. The zero-order chi connectivity index (χ0) is 14.0. The normalized spacial score (nSPS) is 12.9. The maximum atomic E-state index is 9.96. The van der Waals surface area contributed by atoms with E-state index in [-0.39, 0.29) is 0 Å². The van der Waals surface area contributed by atoms with Crippen LogP contribution in [0.4, 0.5) is 0 Å². The molecule has 0 fully saturated rings. The highest BCUT2D eigenvalue weighted by Gasteiger charge is 2.19. The summed E-state index contributed by atoms with van der Waals surface area (Å²) in [6.07, 6.45) is 2.71. The Hall–Kier alpha value is -1.69. The highest BCUT2D eigenvalue weighted by atomic mass is 16.3. The molecule has 0 aliphatic rings. The van der Waals surface area contributed by atoms with Crippen molar-refractivity contribution in [1.29, 1.82) is 0 Å². The van der Waals surface area contributed by atoms with Crippen LogP contribution in [0, 0.1) is 0 Å². The fraction of sp³-hybridized carbons (Fsp3) is 0.615. The first kappa shape index (κ1) is 13.7. The van der Waals surface area contributed by atoms with E-state index in [9.17, 15) is 5.11 Å². The summed E-state index contributed by atoms with van der Waals surface area (Å²) in [4.78, 5) is 4.22. The Morgan fingerprint density at radius 2 is 2.05 bits per heavy atom. The van der Waals surface area contributed by atoms with Gasteiger partial charge in [0.1, 0.15) is 18.7 Å². The lowest BCUT2D eigenvalue weighted by atomic mass is 10.0. The molecule has 0 saturated heterocycles. The fourth-order valence-corrected chi connectivity index (χ4v) is 2.41. The summed E-state index contributed by atoms with van der Waals surface area (Å²) in [5.74, 6) is 0.858. The van der Waals surface area contributed by atoms with Gasteiger partial charge >= 0.3 is 0 Å². The van der Waals surface area contributed by atoms with E-state index in [0.717, 1.165) is 35.6 Å². The molecule has 6 heteroatoms. The number of nitrogens with zero attached hydrogens (tertiary/aromatic N) is 5. The Bertz CT molecular complexity index is 555. The maximum Gasteiger partial charge on any atom is 0.148 e. The summed E-state index contributed by atoms with van der Waals surface area (Å²) in [5, 5.41) is 18.6. The van der Waals surface area contributed by atoms with Crippen LogP contribution >= 0.6 is 0 Å². The van der Waals surface area contributed by atoms with Gasteiger partial charge in [-0.25, -0.2) is 4.98 Å². The van der Waals surface area contributed by atoms with Crippen molar-refractivity contribution in [3.63, 3.8) is 0 Å². The summed E-state index contributed by atoms with van der Waals surface area (Å²) in [6.45, 7) is 6.51. The first-order valence-electron chi connectivity index (χ1n) is 6.67. The first-order valence-corrected chi connectivity index (χ1v) is 6.67. The standard InChI is InChI=1S/C13H21N5O/c1-5-10-13(9(3)19)11(6-2)18(16-10)7-12-14-8-15-17(12)4/h8-9,19H,5-7H2,1-4H3. The molecule has 0 aliphatic heterocycles. The number of hydrogen-bond acceptors (Lipinski definition) is 4. The molecule has 2 aromatic rings. The fourth-order valence-electron chi connectivity index (χ4n) is 2.41. The number of aryl methyl sites for hydroxylation is 2. The van der Waals surface area contributed by atoms with Crippen LogP contribution in [0.5, 0.6) is 0 Å². The predicted octanol–water partition coefficient (Wildman–Crippen LogP) is 1.24. The van der Waals surface area contributed by atoms with Gasteiger partial charge in [-0.05, 0) is 19.8 Å². The highest BCUT2D eigenvalue weighted by Crippen LogP contribution is 2.23. The molecule has 1 unspecified atom stereocenters. The molecule has 2 heterocycles. The minimum absolute atomic E-state index is 0.488. The maximum absolute atomic E-state index is 9.96. The second-order valence-electron chi connectivity index (χ2n) is 4.65. The van der Waals surface area contributed by atoms with E-state index in [1.807, 2.05) is 11.7 Å². The molecule has 0 bridgehead atoms. The molecule has 2 aromatic heterocycles. The molecular formula is C13H21N5O. The van der Waals surface area contributed by atoms with Crippen molar-refractivity contribution in [2.24, 2.45) is 7.05 Å². The average Bonchev–Trinajstić information content (AvgIpc) is 2.93. The lowest BCUT2D eigenvalue weighted by molar-refractivity contribution is 0.197. The van der Waals surface area contributed by atoms with Gasteiger partial charge in [-0.15, -0.1) is 0 Å². The second kappa shape index (κ2) is 5.52. The van der Waals surface area contributed by atoms with E-state index in [1.165, 1.54) is 0 Å². The molecule has 6 nitrogen and oxygen atoms in total. The summed E-state index contributed by atoms with van der Waals surface area (Å²) in [5.41, 5.74) is 3.01. The van der Waals surface area contributed by atoms with Gasteiger partial charge in [-0.1, -0.05) is 13.8 Å². The molecule has 0 saturated carbocycles. The third kappa shape index (κ3) is 2.53. The van der Waals surface area contributed by atoms with Crippen LogP contribution in [-0.2, 0) is 26.4 Å². The van der Waals surface area contributed by atoms with Gasteiger partial charge in [0, 0.05) is 18.3 Å². The van der Waals surface area contributed by atoms with Gasteiger partial charge in [0.05, 0.1) is 11.8 Å². The zero-order valence-electron chi connectivity index (χ0n) is 12.0. The van der Waals surface area contributed by atoms with E-state index in [4.69, 9.17) is 0 Å². The van der Waals surface area contributed by atoms with Crippen molar-refractivity contribution in [2.75, 3.05) is 0 Å². The third-order valence-electron chi connectivity index (χ3n) is 3.36. The van der Waals surface area contributed by atoms with Crippen LogP contribution in [0.1, 0.15) is 49.7 Å². The molecule has 1 atom stereocenters. The van der Waals surface area contributed by atoms with Gasteiger partial charge in [0.2, 0.25) is 0 Å². The molecule has 0 aliphatic carbocycles. The van der Waals surface area contributed by atoms with Gasteiger partial charge in [-0.3, -0.25) is 9.36 Å². The van der Waals surface area contributed by atoms with Crippen molar-refractivity contribution in [2.45, 2.75) is 46.3 Å². The van der Waals surface area contributed by atoms with Crippen molar-refractivity contribution < 1.29 is 5.11 Å². The predicted molar refractivity (Wildman–Crippen MR) is 71.7 cm³/mol. The molecule has 19 heavy (non-hydrogen) atoms. The van der Waals surface area contributed by atoms with Crippen LogP contribution in [0.15, 0.2) is 6.33 Å². The Kier molecular flexibility index (Phi) is 3.99. The lowest BCUT2D eigenvalue weighted by Gasteiger charge is -2.09. The Balaban J connectivity index is 2.43. The quantitative estimate of drug-likeness (QED) is 0.881. The van der Waals surface area contributed by atoms with E-state index in [1.54, 1.807) is 17.9 Å². The molecule has 0 radical (unpaired) electrons. The second-order valence-corrected chi connectivity index (χ2v) is 4.65. The van der Waals surface area contributed by atoms with E-state index in [0.29, 0.717) is 6.54 Å². The first-order chi connectivity index (χ1) is 9.08. The van der Waals surface area contributed by atoms with E-state index < -0.39 is 6.10 Å². The van der Waals surface area contributed by atoms with Crippen LogP contribution < -0.4 is 0 Å². The molecule has 2 rings (SSSR count). The molecule has 0 amide bonds. The lowest BCUT2D eigenvalue weighted by Crippen LogP contribution is -2.11. The summed E-state index contributed by atoms with van der Waals surface area (Å²) >= 11 is 0. The summed E-state index contributed by atoms with van der Waals surface area (Å²) in [7, 11) is 1.87. The monoisotopic (exact) mass is 263 g/mol. The average molecular weight is 263 g/mol. The van der Waals surface area contributed by atoms with Crippen molar-refractivity contribution in [1.82, 2.24) is 24.5 Å². The number of aromatic nitrogens is 5. The molecular weight excluding hydrogens is 242 g/mol. The minimum Gasteiger partial charge on any atom is -0.389 e. The van der Waals surface area contributed by atoms with Gasteiger partial charge in [0.15, 0.2) is 0 Å². The van der Waals surface area contributed by atoms with Gasteiger partial charge < -0.3 is 5.11 Å². The van der Waals surface area contributed by atoms with Crippen molar-refractivity contribution >= 4 is 0 Å². The van der Waals surface area contributed by atoms with Crippen LogP contribution in [0.2, 0.25) is 0 Å². The number of aliphatic hydroxyl groups is 1. The van der Waals surface area contributed by atoms with Crippen LogP contribution in [0.25, 0.3) is 0 Å². The smallest absolute Gasteiger partial charge is 0.148 e. The van der Waals surface area contributed by atoms with E-state index >= 15 is 0 Å². The van der Waals surface area contributed by atoms with Crippen LogP contribution in [0.3, 0.4) is 0 Å². The van der Waals surface area contributed by atoms with Crippen molar-refractivity contribution in [3.8, 4) is 0 Å². The number of rotatable bonds is 5. The topological polar surface area (TPSA) is 68.8 Å². The molecule has 0 spiro atoms.